The van der Waals surface area contributed by atoms with E-state index >= 15 is 0 Å². The topological polar surface area (TPSA) is 59.8 Å². The summed E-state index contributed by atoms with van der Waals surface area (Å²) >= 11 is 0. The zero-order valence-corrected chi connectivity index (χ0v) is 25.8. The van der Waals surface area contributed by atoms with Gasteiger partial charge in [0.05, 0.1) is 11.6 Å². The van der Waals surface area contributed by atoms with Gasteiger partial charge in [-0.2, -0.15) is 0 Å². The van der Waals surface area contributed by atoms with Crippen molar-refractivity contribution in [1.29, 1.82) is 0 Å². The number of nitrogens with one attached hydrogen (secondary N) is 1. The highest BCUT2D eigenvalue weighted by Gasteiger charge is 2.34. The van der Waals surface area contributed by atoms with Crippen LogP contribution in [0.1, 0.15) is 97.8 Å². The summed E-state index contributed by atoms with van der Waals surface area (Å²) < 4.78 is 2.07. The van der Waals surface area contributed by atoms with E-state index in [0.29, 0.717) is 24.3 Å². The molecule has 1 amide bonds. The maximum absolute atomic E-state index is 13.8. The molecule has 6 rings (SSSR count). The van der Waals surface area contributed by atoms with E-state index in [9.17, 15) is 4.79 Å². The van der Waals surface area contributed by atoms with Crippen LogP contribution in [0.25, 0.3) is 11.1 Å². The SMILES string of the molecule is Cc1cnc(C[C@H]2CC[C@H](C(C(=O)NCc3ccccc3)c3ccc(-c4ccn(C)c4)cc3)CC2)nc1C1CCCCC1. The molecule has 224 valence electrons. The Bertz CT molecular complexity index is 1480. The summed E-state index contributed by atoms with van der Waals surface area (Å²) in [5, 5.41) is 3.28. The number of aromatic nitrogens is 3. The van der Waals surface area contributed by atoms with Crippen LogP contribution >= 0.6 is 0 Å². The minimum absolute atomic E-state index is 0.138. The van der Waals surface area contributed by atoms with Crippen molar-refractivity contribution < 1.29 is 4.79 Å². The third kappa shape index (κ3) is 7.26. The van der Waals surface area contributed by atoms with E-state index in [2.05, 4.69) is 77.9 Å². The molecule has 1 N–H and O–H groups in total. The van der Waals surface area contributed by atoms with Gasteiger partial charge in [0.1, 0.15) is 5.82 Å². The van der Waals surface area contributed by atoms with Crippen molar-refractivity contribution in [2.24, 2.45) is 18.9 Å². The Morgan fingerprint density at radius 2 is 1.65 bits per heavy atom. The van der Waals surface area contributed by atoms with Gasteiger partial charge < -0.3 is 9.88 Å². The molecule has 4 aromatic rings. The molecule has 0 radical (unpaired) electrons. The molecule has 5 heteroatoms. The zero-order valence-electron chi connectivity index (χ0n) is 25.8. The van der Waals surface area contributed by atoms with Gasteiger partial charge in [0.2, 0.25) is 5.91 Å². The van der Waals surface area contributed by atoms with E-state index in [1.54, 1.807) is 0 Å². The van der Waals surface area contributed by atoms with Crippen molar-refractivity contribution in [1.82, 2.24) is 19.9 Å². The fourth-order valence-corrected chi connectivity index (χ4v) is 7.45. The first-order valence-corrected chi connectivity index (χ1v) is 16.4. The molecule has 0 saturated heterocycles. The van der Waals surface area contributed by atoms with Crippen molar-refractivity contribution in [3.05, 3.63) is 107 Å². The van der Waals surface area contributed by atoms with Crippen molar-refractivity contribution in [2.45, 2.75) is 89.5 Å². The number of aryl methyl sites for hydroxylation is 2. The Labute approximate surface area is 257 Å². The molecule has 2 fully saturated rings. The largest absolute Gasteiger partial charge is 0.357 e. The van der Waals surface area contributed by atoms with E-state index in [1.165, 1.54) is 54.5 Å². The van der Waals surface area contributed by atoms with Gasteiger partial charge in [-0.3, -0.25) is 4.79 Å². The molecule has 2 aromatic heterocycles. The first-order chi connectivity index (χ1) is 21.0. The molecule has 2 aliphatic carbocycles. The average Bonchev–Trinajstić information content (AvgIpc) is 3.49. The number of carbonyl (C=O) groups excluding carboxylic acids is 1. The monoisotopic (exact) mass is 574 g/mol. The molecule has 43 heavy (non-hydrogen) atoms. The predicted octanol–water partition coefficient (Wildman–Crippen LogP) is 8.29. The lowest BCUT2D eigenvalue weighted by molar-refractivity contribution is -0.124. The number of benzene rings is 2. The second-order valence-electron chi connectivity index (χ2n) is 13.0. The molecule has 0 bridgehead atoms. The van der Waals surface area contributed by atoms with Crippen LogP contribution in [0.4, 0.5) is 0 Å². The second kappa shape index (κ2) is 13.7. The van der Waals surface area contributed by atoms with Crippen LogP contribution < -0.4 is 5.32 Å². The molecule has 2 aliphatic rings. The summed E-state index contributed by atoms with van der Waals surface area (Å²) in [4.78, 5) is 23.7. The van der Waals surface area contributed by atoms with Crippen LogP contribution in [0.15, 0.2) is 79.3 Å². The van der Waals surface area contributed by atoms with Crippen molar-refractivity contribution >= 4 is 5.91 Å². The molecule has 0 aliphatic heterocycles. The fraction of sp³-hybridized carbons (Fsp3) is 0.447. The van der Waals surface area contributed by atoms with Gasteiger partial charge in [-0.1, -0.05) is 73.9 Å². The van der Waals surface area contributed by atoms with E-state index in [-0.39, 0.29) is 11.8 Å². The van der Waals surface area contributed by atoms with E-state index in [1.807, 2.05) is 25.2 Å². The Balaban J connectivity index is 1.14. The van der Waals surface area contributed by atoms with Crippen LogP contribution in [0.5, 0.6) is 0 Å². The predicted molar refractivity (Wildman–Crippen MR) is 174 cm³/mol. The number of hydrogen-bond donors (Lipinski definition) is 1. The van der Waals surface area contributed by atoms with Gasteiger partial charge in [0.25, 0.3) is 0 Å². The molecular formula is C38H46N4O. The van der Waals surface area contributed by atoms with Crippen molar-refractivity contribution in [3.63, 3.8) is 0 Å². The summed E-state index contributed by atoms with van der Waals surface area (Å²) in [6.07, 6.45) is 18.1. The molecular weight excluding hydrogens is 528 g/mol. The number of amides is 1. The Hall–Kier alpha value is -3.73. The second-order valence-corrected chi connectivity index (χ2v) is 13.0. The minimum atomic E-state index is -0.150. The summed E-state index contributed by atoms with van der Waals surface area (Å²) in [5.41, 5.74) is 7.18. The first kappa shape index (κ1) is 29.3. The molecule has 1 atom stereocenters. The summed E-state index contributed by atoms with van der Waals surface area (Å²) in [6.45, 7) is 2.73. The Morgan fingerprint density at radius 3 is 2.35 bits per heavy atom. The van der Waals surface area contributed by atoms with Crippen LogP contribution in [-0.2, 0) is 24.8 Å². The van der Waals surface area contributed by atoms with Gasteiger partial charge in [-0.05, 0) is 91.2 Å². The standard InChI is InChI=1S/C38H46N4O/c1-27-24-39-35(41-37(27)33-11-7-4-8-12-33)23-28-13-15-31(16-14-28)36(38(43)40-25-29-9-5-3-6-10-29)32-19-17-30(18-20-32)34-21-22-42(2)26-34/h3,5-6,9-10,17-22,24,26,28,31,33,36H,4,7-8,11-16,23,25H2,1-2H3,(H,40,43)/t28-,31-,36?. The lowest BCUT2D eigenvalue weighted by Crippen LogP contribution is -2.35. The smallest absolute Gasteiger partial charge is 0.228 e. The minimum Gasteiger partial charge on any atom is -0.357 e. The third-order valence-electron chi connectivity index (χ3n) is 9.91. The summed E-state index contributed by atoms with van der Waals surface area (Å²) in [6, 6.07) is 21.0. The summed E-state index contributed by atoms with van der Waals surface area (Å²) in [5.74, 6) is 2.51. The average molecular weight is 575 g/mol. The highest BCUT2D eigenvalue weighted by Crippen LogP contribution is 2.40. The molecule has 2 aromatic carbocycles. The molecule has 2 heterocycles. The van der Waals surface area contributed by atoms with Gasteiger partial charge in [-0.15, -0.1) is 0 Å². The number of hydrogen-bond acceptors (Lipinski definition) is 3. The highest BCUT2D eigenvalue weighted by molar-refractivity contribution is 5.84. The van der Waals surface area contributed by atoms with E-state index in [0.717, 1.165) is 49.1 Å². The number of rotatable bonds is 9. The van der Waals surface area contributed by atoms with Crippen LogP contribution in [-0.4, -0.2) is 20.4 Å². The molecule has 5 nitrogen and oxygen atoms in total. The van der Waals surface area contributed by atoms with E-state index in [4.69, 9.17) is 9.97 Å². The maximum atomic E-state index is 13.8. The molecule has 1 unspecified atom stereocenters. The Morgan fingerprint density at radius 1 is 0.907 bits per heavy atom. The van der Waals surface area contributed by atoms with Crippen LogP contribution in [0.2, 0.25) is 0 Å². The fourth-order valence-electron chi connectivity index (χ4n) is 7.45. The lowest BCUT2D eigenvalue weighted by atomic mass is 9.72. The molecule has 2 saturated carbocycles. The first-order valence-electron chi connectivity index (χ1n) is 16.4. The third-order valence-corrected chi connectivity index (χ3v) is 9.91. The van der Waals surface area contributed by atoms with E-state index < -0.39 is 0 Å². The van der Waals surface area contributed by atoms with Gasteiger partial charge in [0, 0.05) is 44.5 Å². The highest BCUT2D eigenvalue weighted by atomic mass is 16.1. The van der Waals surface area contributed by atoms with Crippen molar-refractivity contribution in [3.8, 4) is 11.1 Å². The zero-order chi connectivity index (χ0) is 29.6. The van der Waals surface area contributed by atoms with Crippen LogP contribution in [0, 0.1) is 18.8 Å². The van der Waals surface area contributed by atoms with Gasteiger partial charge >= 0.3 is 0 Å². The normalized spacial score (nSPS) is 20.0. The van der Waals surface area contributed by atoms with Crippen LogP contribution in [0.3, 0.4) is 0 Å². The Kier molecular flexibility index (Phi) is 9.36. The number of nitrogens with zero attached hydrogens (tertiary/aromatic N) is 3. The summed E-state index contributed by atoms with van der Waals surface area (Å²) in [7, 11) is 2.04. The molecule has 0 spiro atoms. The van der Waals surface area contributed by atoms with Gasteiger partial charge in [0.15, 0.2) is 0 Å². The van der Waals surface area contributed by atoms with Crippen molar-refractivity contribution in [2.75, 3.05) is 0 Å². The van der Waals surface area contributed by atoms with Gasteiger partial charge in [-0.25, -0.2) is 9.97 Å². The quantitative estimate of drug-likeness (QED) is 0.219. The lowest BCUT2D eigenvalue weighted by Gasteiger charge is -2.33. The number of carbonyl (C=O) groups is 1. The maximum Gasteiger partial charge on any atom is 0.228 e.